The Bertz CT molecular complexity index is 1080. The van der Waals surface area contributed by atoms with Crippen molar-refractivity contribution in [3.8, 4) is 0 Å². The maximum atomic E-state index is 12.3. The van der Waals surface area contributed by atoms with Gasteiger partial charge >= 0.3 is 0 Å². The summed E-state index contributed by atoms with van der Waals surface area (Å²) in [6, 6.07) is 23.4. The molecule has 170 valence electrons. The molecule has 0 unspecified atom stereocenters. The standard InChI is InChI=1S/C26H28N4O3/c1-2-15-27-26(33)21-9-6-10-23(16-21)28-18-24(31)30-22-13-11-20(12-14-22)25(32)29-17-19-7-4-3-5-8-19/h3-14,16,28H,2,15,17-18H2,1H3,(H,27,33)(H,29,32)(H,30,31). The van der Waals surface area contributed by atoms with Gasteiger partial charge in [-0.15, -0.1) is 0 Å². The third-order valence-corrected chi connectivity index (χ3v) is 4.84. The Kier molecular flexibility index (Phi) is 8.59. The van der Waals surface area contributed by atoms with Crippen LogP contribution in [0.5, 0.6) is 0 Å². The largest absolute Gasteiger partial charge is 0.376 e. The zero-order valence-electron chi connectivity index (χ0n) is 18.6. The van der Waals surface area contributed by atoms with Gasteiger partial charge < -0.3 is 21.3 Å². The highest BCUT2D eigenvalue weighted by Crippen LogP contribution is 2.12. The molecule has 0 aliphatic rings. The van der Waals surface area contributed by atoms with Gasteiger partial charge in [-0.05, 0) is 54.4 Å². The molecule has 3 aromatic carbocycles. The first-order valence-electron chi connectivity index (χ1n) is 10.9. The van der Waals surface area contributed by atoms with E-state index in [2.05, 4.69) is 21.3 Å². The van der Waals surface area contributed by atoms with Gasteiger partial charge in [0, 0.05) is 35.6 Å². The summed E-state index contributed by atoms with van der Waals surface area (Å²) in [5.74, 6) is -0.559. The van der Waals surface area contributed by atoms with Crippen LogP contribution in [0.1, 0.15) is 39.6 Å². The van der Waals surface area contributed by atoms with Crippen molar-refractivity contribution < 1.29 is 14.4 Å². The Morgan fingerprint density at radius 3 is 2.18 bits per heavy atom. The Morgan fingerprint density at radius 2 is 1.45 bits per heavy atom. The molecule has 4 N–H and O–H groups in total. The normalized spacial score (nSPS) is 10.2. The molecule has 0 aromatic heterocycles. The van der Waals surface area contributed by atoms with Crippen LogP contribution in [0.2, 0.25) is 0 Å². The first-order chi connectivity index (χ1) is 16.0. The molecular formula is C26H28N4O3. The van der Waals surface area contributed by atoms with Crippen molar-refractivity contribution >= 4 is 29.1 Å². The van der Waals surface area contributed by atoms with E-state index in [1.165, 1.54) is 0 Å². The van der Waals surface area contributed by atoms with E-state index in [0.29, 0.717) is 35.6 Å². The summed E-state index contributed by atoms with van der Waals surface area (Å²) >= 11 is 0. The van der Waals surface area contributed by atoms with Crippen LogP contribution < -0.4 is 21.3 Å². The molecule has 33 heavy (non-hydrogen) atoms. The fraction of sp³-hybridized carbons (Fsp3) is 0.192. The van der Waals surface area contributed by atoms with Crippen LogP contribution in [-0.2, 0) is 11.3 Å². The maximum Gasteiger partial charge on any atom is 0.251 e. The highest BCUT2D eigenvalue weighted by atomic mass is 16.2. The monoisotopic (exact) mass is 444 g/mol. The van der Waals surface area contributed by atoms with Crippen molar-refractivity contribution in [3.63, 3.8) is 0 Å². The van der Waals surface area contributed by atoms with E-state index in [1.54, 1.807) is 48.5 Å². The van der Waals surface area contributed by atoms with Gasteiger partial charge in [-0.2, -0.15) is 0 Å². The smallest absolute Gasteiger partial charge is 0.251 e. The van der Waals surface area contributed by atoms with Crippen LogP contribution in [0.3, 0.4) is 0 Å². The number of carbonyl (C=O) groups is 3. The zero-order valence-corrected chi connectivity index (χ0v) is 18.6. The summed E-state index contributed by atoms with van der Waals surface area (Å²) in [5, 5.41) is 11.5. The van der Waals surface area contributed by atoms with E-state index in [4.69, 9.17) is 0 Å². The molecule has 7 nitrogen and oxygen atoms in total. The Morgan fingerprint density at radius 1 is 0.727 bits per heavy atom. The van der Waals surface area contributed by atoms with Gasteiger partial charge in [0.1, 0.15) is 0 Å². The molecule has 0 aliphatic heterocycles. The van der Waals surface area contributed by atoms with Gasteiger partial charge in [-0.25, -0.2) is 0 Å². The van der Waals surface area contributed by atoms with E-state index in [9.17, 15) is 14.4 Å². The fourth-order valence-corrected chi connectivity index (χ4v) is 3.08. The van der Waals surface area contributed by atoms with Gasteiger partial charge in [0.15, 0.2) is 0 Å². The minimum absolute atomic E-state index is 0.0410. The topological polar surface area (TPSA) is 99.3 Å². The van der Waals surface area contributed by atoms with Gasteiger partial charge in [-0.1, -0.05) is 43.3 Å². The lowest BCUT2D eigenvalue weighted by molar-refractivity contribution is -0.114. The first kappa shape index (κ1) is 23.5. The first-order valence-corrected chi connectivity index (χ1v) is 10.9. The van der Waals surface area contributed by atoms with E-state index in [1.807, 2.05) is 37.3 Å². The molecule has 3 aromatic rings. The maximum absolute atomic E-state index is 12.3. The molecule has 0 aliphatic carbocycles. The predicted molar refractivity (Wildman–Crippen MR) is 130 cm³/mol. The number of nitrogens with one attached hydrogen (secondary N) is 4. The van der Waals surface area contributed by atoms with Crippen LogP contribution in [0, 0.1) is 0 Å². The van der Waals surface area contributed by atoms with Crippen LogP contribution in [-0.4, -0.2) is 30.8 Å². The van der Waals surface area contributed by atoms with E-state index >= 15 is 0 Å². The zero-order chi connectivity index (χ0) is 23.5. The molecule has 0 radical (unpaired) electrons. The lowest BCUT2D eigenvalue weighted by Crippen LogP contribution is -2.24. The summed E-state index contributed by atoms with van der Waals surface area (Å²) in [5.41, 5.74) is 3.35. The van der Waals surface area contributed by atoms with Crippen molar-refractivity contribution in [1.29, 1.82) is 0 Å². The summed E-state index contributed by atoms with van der Waals surface area (Å²) in [7, 11) is 0. The number of hydrogen-bond donors (Lipinski definition) is 4. The Labute approximate surface area is 193 Å². The number of anilines is 2. The Hall–Kier alpha value is -4.13. The summed E-state index contributed by atoms with van der Waals surface area (Å²) in [4.78, 5) is 36.7. The number of carbonyl (C=O) groups excluding carboxylic acids is 3. The van der Waals surface area contributed by atoms with Crippen LogP contribution >= 0.6 is 0 Å². The molecule has 0 bridgehead atoms. The van der Waals surface area contributed by atoms with Crippen molar-refractivity contribution in [2.75, 3.05) is 23.7 Å². The quantitative estimate of drug-likeness (QED) is 0.382. The average molecular weight is 445 g/mol. The third-order valence-electron chi connectivity index (χ3n) is 4.84. The minimum atomic E-state index is -0.239. The number of rotatable bonds is 10. The molecule has 0 heterocycles. The average Bonchev–Trinajstić information content (AvgIpc) is 2.86. The van der Waals surface area contributed by atoms with Crippen molar-refractivity contribution in [1.82, 2.24) is 10.6 Å². The lowest BCUT2D eigenvalue weighted by atomic mass is 10.1. The molecule has 0 atom stereocenters. The summed E-state index contributed by atoms with van der Waals surface area (Å²) in [6.45, 7) is 3.10. The van der Waals surface area contributed by atoms with Crippen LogP contribution in [0.4, 0.5) is 11.4 Å². The predicted octanol–water partition coefficient (Wildman–Crippen LogP) is 3.81. The molecule has 0 saturated carbocycles. The highest BCUT2D eigenvalue weighted by molar-refractivity contribution is 5.97. The highest BCUT2D eigenvalue weighted by Gasteiger charge is 2.08. The second-order valence-electron chi connectivity index (χ2n) is 7.48. The van der Waals surface area contributed by atoms with Crippen LogP contribution in [0.15, 0.2) is 78.9 Å². The minimum Gasteiger partial charge on any atom is -0.376 e. The molecular weight excluding hydrogens is 416 g/mol. The van der Waals surface area contributed by atoms with Gasteiger partial charge in [0.05, 0.1) is 6.54 Å². The Balaban J connectivity index is 1.47. The van der Waals surface area contributed by atoms with Crippen molar-refractivity contribution in [2.24, 2.45) is 0 Å². The summed E-state index contributed by atoms with van der Waals surface area (Å²) < 4.78 is 0. The molecule has 0 saturated heterocycles. The van der Waals surface area contributed by atoms with Gasteiger partial charge in [-0.3, -0.25) is 14.4 Å². The molecule has 7 heteroatoms. The van der Waals surface area contributed by atoms with Gasteiger partial charge in [0.2, 0.25) is 5.91 Å². The summed E-state index contributed by atoms with van der Waals surface area (Å²) in [6.07, 6.45) is 0.864. The second kappa shape index (κ2) is 12.0. The molecule has 0 spiro atoms. The SMILES string of the molecule is CCCNC(=O)c1cccc(NCC(=O)Nc2ccc(C(=O)NCc3ccccc3)cc2)c1. The molecule has 0 fully saturated rings. The number of hydrogen-bond acceptors (Lipinski definition) is 4. The van der Waals surface area contributed by atoms with Crippen molar-refractivity contribution in [2.45, 2.75) is 19.9 Å². The third kappa shape index (κ3) is 7.50. The van der Waals surface area contributed by atoms with Crippen molar-refractivity contribution in [3.05, 3.63) is 95.6 Å². The van der Waals surface area contributed by atoms with E-state index in [0.717, 1.165) is 12.0 Å². The second-order valence-corrected chi connectivity index (χ2v) is 7.48. The molecule has 3 rings (SSSR count). The number of amides is 3. The lowest BCUT2D eigenvalue weighted by Gasteiger charge is -2.10. The molecule has 3 amide bonds. The van der Waals surface area contributed by atoms with E-state index < -0.39 is 0 Å². The van der Waals surface area contributed by atoms with Crippen LogP contribution in [0.25, 0.3) is 0 Å². The fourth-order valence-electron chi connectivity index (χ4n) is 3.08. The van der Waals surface area contributed by atoms with Gasteiger partial charge in [0.25, 0.3) is 11.8 Å². The number of benzene rings is 3. The van der Waals surface area contributed by atoms with E-state index in [-0.39, 0.29) is 24.3 Å².